The van der Waals surface area contributed by atoms with Crippen molar-refractivity contribution < 1.29 is 17.7 Å². The molecule has 4 rings (SSSR count). The first-order chi connectivity index (χ1) is 14.5. The molecule has 0 saturated carbocycles. The summed E-state index contributed by atoms with van der Waals surface area (Å²) >= 11 is 3.33. The van der Waals surface area contributed by atoms with Crippen molar-refractivity contribution >= 4 is 26.0 Å². The van der Waals surface area contributed by atoms with Gasteiger partial charge in [0.05, 0.1) is 11.5 Å². The van der Waals surface area contributed by atoms with Crippen molar-refractivity contribution in [1.29, 1.82) is 0 Å². The van der Waals surface area contributed by atoms with Crippen LogP contribution in [0.4, 0.5) is 0 Å². The fourth-order valence-electron chi connectivity index (χ4n) is 3.48. The fourth-order valence-corrected chi connectivity index (χ4v) is 5.22. The summed E-state index contributed by atoms with van der Waals surface area (Å²) in [6, 6.07) is 14.3. The molecule has 0 unspecified atom stereocenters. The molecule has 7 nitrogen and oxygen atoms in total. The van der Waals surface area contributed by atoms with E-state index in [1.54, 1.807) is 24.3 Å². The maximum Gasteiger partial charge on any atom is 0.243 e. The Morgan fingerprint density at radius 2 is 1.77 bits per heavy atom. The molecule has 3 aromatic rings. The molecule has 0 bridgehead atoms. The van der Waals surface area contributed by atoms with E-state index in [0.717, 1.165) is 15.8 Å². The molecule has 0 amide bonds. The van der Waals surface area contributed by atoms with Crippen molar-refractivity contribution in [2.24, 2.45) is 0 Å². The third-order valence-corrected chi connectivity index (χ3v) is 7.56. The molecule has 30 heavy (non-hydrogen) atoms. The SMILES string of the molecule is CCOc1ccc(-c2noc(C3CCN(S(=O)(=O)c4ccc(Br)cc4)CC3)n2)cc1. The van der Waals surface area contributed by atoms with Crippen molar-refractivity contribution in [2.75, 3.05) is 19.7 Å². The monoisotopic (exact) mass is 491 g/mol. The topological polar surface area (TPSA) is 85.5 Å². The van der Waals surface area contributed by atoms with Crippen LogP contribution in [0.15, 0.2) is 62.4 Å². The van der Waals surface area contributed by atoms with Gasteiger partial charge >= 0.3 is 0 Å². The van der Waals surface area contributed by atoms with Crippen LogP contribution in [-0.2, 0) is 10.0 Å². The van der Waals surface area contributed by atoms with Crippen molar-refractivity contribution in [2.45, 2.75) is 30.6 Å². The second-order valence-corrected chi connectivity index (χ2v) is 9.90. The zero-order chi connectivity index (χ0) is 21.1. The molecule has 1 aliphatic heterocycles. The van der Waals surface area contributed by atoms with Gasteiger partial charge in [0, 0.05) is 29.0 Å². The van der Waals surface area contributed by atoms with Crippen molar-refractivity contribution in [3.8, 4) is 17.1 Å². The van der Waals surface area contributed by atoms with E-state index in [4.69, 9.17) is 9.26 Å². The molecule has 0 spiro atoms. The predicted octanol–water partition coefficient (Wildman–Crippen LogP) is 4.47. The van der Waals surface area contributed by atoms with E-state index < -0.39 is 10.0 Å². The highest BCUT2D eigenvalue weighted by Gasteiger charge is 2.32. The van der Waals surface area contributed by atoms with Crippen LogP contribution in [0.2, 0.25) is 0 Å². The Bertz CT molecular complexity index is 1090. The summed E-state index contributed by atoms with van der Waals surface area (Å²) in [4.78, 5) is 4.85. The lowest BCUT2D eigenvalue weighted by molar-refractivity contribution is 0.271. The minimum absolute atomic E-state index is 0.0466. The fraction of sp³-hybridized carbons (Fsp3) is 0.333. The van der Waals surface area contributed by atoms with Gasteiger partial charge in [-0.1, -0.05) is 21.1 Å². The summed E-state index contributed by atoms with van der Waals surface area (Å²) in [7, 11) is -3.50. The molecule has 2 aromatic carbocycles. The lowest BCUT2D eigenvalue weighted by Crippen LogP contribution is -2.37. The maximum atomic E-state index is 12.9. The molecule has 9 heteroatoms. The van der Waals surface area contributed by atoms with E-state index in [-0.39, 0.29) is 5.92 Å². The van der Waals surface area contributed by atoms with E-state index in [1.807, 2.05) is 31.2 Å². The average molecular weight is 492 g/mol. The van der Waals surface area contributed by atoms with Gasteiger partial charge < -0.3 is 9.26 Å². The van der Waals surface area contributed by atoms with Gasteiger partial charge in [-0.05, 0) is 68.3 Å². The number of sulfonamides is 1. The van der Waals surface area contributed by atoms with Crippen LogP contribution in [0.5, 0.6) is 5.75 Å². The first-order valence-electron chi connectivity index (χ1n) is 9.80. The van der Waals surface area contributed by atoms with Crippen molar-refractivity contribution in [3.05, 3.63) is 58.9 Å². The minimum Gasteiger partial charge on any atom is -0.494 e. The molecular formula is C21H22BrN3O4S. The van der Waals surface area contributed by atoms with Crippen LogP contribution < -0.4 is 4.74 Å². The summed E-state index contributed by atoms with van der Waals surface area (Å²) in [5, 5.41) is 4.10. The van der Waals surface area contributed by atoms with Gasteiger partial charge in [0.15, 0.2) is 0 Å². The normalized spacial score (nSPS) is 15.9. The van der Waals surface area contributed by atoms with Crippen LogP contribution in [0.25, 0.3) is 11.4 Å². The van der Waals surface area contributed by atoms with Gasteiger partial charge in [-0.3, -0.25) is 0 Å². The summed E-state index contributed by atoms with van der Waals surface area (Å²) < 4.78 is 39.0. The Labute approximate surface area is 184 Å². The molecule has 158 valence electrons. The highest BCUT2D eigenvalue weighted by molar-refractivity contribution is 9.10. The largest absolute Gasteiger partial charge is 0.494 e. The summed E-state index contributed by atoms with van der Waals surface area (Å²) in [5.74, 6) is 1.92. The number of halogens is 1. The molecule has 1 aliphatic rings. The van der Waals surface area contributed by atoms with Gasteiger partial charge in [-0.15, -0.1) is 0 Å². The van der Waals surface area contributed by atoms with E-state index in [2.05, 4.69) is 26.1 Å². The molecule has 1 saturated heterocycles. The van der Waals surface area contributed by atoms with Crippen LogP contribution in [0, 0.1) is 0 Å². The first-order valence-corrected chi connectivity index (χ1v) is 12.0. The van der Waals surface area contributed by atoms with Gasteiger partial charge in [-0.2, -0.15) is 9.29 Å². The van der Waals surface area contributed by atoms with Gasteiger partial charge in [0.1, 0.15) is 5.75 Å². The van der Waals surface area contributed by atoms with Crippen molar-refractivity contribution in [1.82, 2.24) is 14.4 Å². The zero-order valence-electron chi connectivity index (χ0n) is 16.5. The van der Waals surface area contributed by atoms with Crippen molar-refractivity contribution in [3.63, 3.8) is 0 Å². The average Bonchev–Trinajstić information content (AvgIpc) is 3.25. The molecule has 0 radical (unpaired) electrons. The van der Waals surface area contributed by atoms with Crippen LogP contribution >= 0.6 is 15.9 Å². The summed E-state index contributed by atoms with van der Waals surface area (Å²) in [5.41, 5.74) is 0.851. The molecule has 2 heterocycles. The van der Waals surface area contributed by atoms with Gasteiger partial charge in [0.25, 0.3) is 0 Å². The molecule has 1 fully saturated rings. The van der Waals surface area contributed by atoms with Crippen LogP contribution in [0.3, 0.4) is 0 Å². The van der Waals surface area contributed by atoms with Crippen LogP contribution in [0.1, 0.15) is 31.6 Å². The number of aromatic nitrogens is 2. The molecule has 0 atom stereocenters. The van der Waals surface area contributed by atoms with Crippen LogP contribution in [-0.4, -0.2) is 42.6 Å². The number of nitrogens with zero attached hydrogens (tertiary/aromatic N) is 3. The Kier molecular flexibility index (Phi) is 6.21. The molecule has 0 N–H and O–H groups in total. The van der Waals surface area contributed by atoms with Gasteiger partial charge in [-0.25, -0.2) is 8.42 Å². The molecule has 1 aromatic heterocycles. The summed E-state index contributed by atoms with van der Waals surface area (Å²) in [6.07, 6.45) is 1.28. The minimum atomic E-state index is -3.50. The Morgan fingerprint density at radius 3 is 2.40 bits per heavy atom. The van der Waals surface area contributed by atoms with Gasteiger partial charge in [0.2, 0.25) is 21.7 Å². The zero-order valence-corrected chi connectivity index (χ0v) is 18.9. The third-order valence-electron chi connectivity index (χ3n) is 5.12. The summed E-state index contributed by atoms with van der Waals surface area (Å²) in [6.45, 7) is 3.39. The second-order valence-electron chi connectivity index (χ2n) is 7.05. The Morgan fingerprint density at radius 1 is 1.10 bits per heavy atom. The maximum absolute atomic E-state index is 12.9. The number of hydrogen-bond donors (Lipinski definition) is 0. The number of rotatable bonds is 6. The smallest absolute Gasteiger partial charge is 0.243 e. The van der Waals surface area contributed by atoms with E-state index in [1.165, 1.54) is 4.31 Å². The number of hydrogen-bond acceptors (Lipinski definition) is 6. The van der Waals surface area contributed by atoms with E-state index >= 15 is 0 Å². The van der Waals surface area contributed by atoms with E-state index in [0.29, 0.717) is 49.1 Å². The number of ether oxygens (including phenoxy) is 1. The molecule has 0 aliphatic carbocycles. The molecular weight excluding hydrogens is 470 g/mol. The first kappa shape index (κ1) is 21.0. The lowest BCUT2D eigenvalue weighted by Gasteiger charge is -2.29. The highest BCUT2D eigenvalue weighted by Crippen LogP contribution is 2.31. The highest BCUT2D eigenvalue weighted by atomic mass is 79.9. The number of benzene rings is 2. The predicted molar refractivity (Wildman–Crippen MR) is 116 cm³/mol. The Balaban J connectivity index is 1.41. The quantitative estimate of drug-likeness (QED) is 0.505. The standard InChI is InChI=1S/C21H22BrN3O4S/c1-2-28-18-7-3-15(4-8-18)20-23-21(29-24-20)16-11-13-25(14-12-16)30(26,27)19-9-5-17(22)6-10-19/h3-10,16H,2,11-14H2,1H3. The Hall–Kier alpha value is -2.23. The van der Waals surface area contributed by atoms with E-state index in [9.17, 15) is 8.42 Å². The third kappa shape index (κ3) is 4.43. The number of piperidine rings is 1. The lowest BCUT2D eigenvalue weighted by atomic mass is 9.98. The second kappa shape index (κ2) is 8.87.